The number of aliphatic hydroxyl groups is 2. The highest BCUT2D eigenvalue weighted by Gasteiger charge is 2.20. The second-order valence-corrected chi connectivity index (χ2v) is 3.81. The number of nitrogen functional groups attached to an aromatic ring is 1. The molecule has 0 bridgehead atoms. The summed E-state index contributed by atoms with van der Waals surface area (Å²) < 4.78 is 4.96. The van der Waals surface area contributed by atoms with Crippen LogP contribution in [-0.4, -0.2) is 40.9 Å². The lowest BCUT2D eigenvalue weighted by Crippen LogP contribution is -2.34. The van der Waals surface area contributed by atoms with E-state index >= 15 is 0 Å². The molecule has 18 heavy (non-hydrogen) atoms. The average Bonchev–Trinajstić information content (AvgIpc) is 2.35. The third-order valence-corrected chi connectivity index (χ3v) is 2.39. The van der Waals surface area contributed by atoms with E-state index < -0.39 is 12.2 Å². The summed E-state index contributed by atoms with van der Waals surface area (Å²) in [5.41, 5.74) is 5.90. The van der Waals surface area contributed by atoms with Crippen molar-refractivity contribution in [2.75, 3.05) is 19.4 Å². The molecule has 1 heterocycles. The summed E-state index contributed by atoms with van der Waals surface area (Å²) in [7, 11) is 1.43. The predicted octanol–water partition coefficient (Wildman–Crippen LogP) is -0.797. The van der Waals surface area contributed by atoms with Crippen molar-refractivity contribution in [2.45, 2.75) is 19.1 Å². The third kappa shape index (κ3) is 3.57. The highest BCUT2D eigenvalue weighted by molar-refractivity contribution is 5.72. The molecule has 1 aromatic heterocycles. The molecule has 0 aliphatic heterocycles. The maximum Gasteiger partial charge on any atom is 0.216 e. The lowest BCUT2D eigenvalue weighted by Gasteiger charge is -2.18. The van der Waals surface area contributed by atoms with E-state index in [1.807, 2.05) is 0 Å². The molecule has 0 aliphatic carbocycles. The summed E-state index contributed by atoms with van der Waals surface area (Å²) in [6.45, 7) is 1.27. The number of carbonyl (C=O) groups is 1. The predicted molar refractivity (Wildman–Crippen MR) is 64.9 cm³/mol. The molecular weight excluding hydrogens is 238 g/mol. The fourth-order valence-corrected chi connectivity index (χ4v) is 1.38. The van der Waals surface area contributed by atoms with Gasteiger partial charge in [-0.2, -0.15) is 0 Å². The molecule has 0 saturated heterocycles. The van der Waals surface area contributed by atoms with Crippen molar-refractivity contribution in [1.29, 1.82) is 0 Å². The highest BCUT2D eigenvalue weighted by Crippen LogP contribution is 2.24. The number of hydrogen-bond acceptors (Lipinski definition) is 6. The Hall–Kier alpha value is -1.86. The van der Waals surface area contributed by atoms with Crippen molar-refractivity contribution in [3.05, 3.63) is 17.8 Å². The van der Waals surface area contributed by atoms with E-state index in [9.17, 15) is 15.0 Å². The highest BCUT2D eigenvalue weighted by atomic mass is 16.5. The Labute approximate surface area is 105 Å². The molecule has 0 spiro atoms. The molecule has 7 heteroatoms. The molecule has 5 N–H and O–H groups in total. The number of anilines is 1. The summed E-state index contributed by atoms with van der Waals surface area (Å²) >= 11 is 0. The van der Waals surface area contributed by atoms with Crippen LogP contribution < -0.4 is 15.8 Å². The summed E-state index contributed by atoms with van der Waals surface area (Å²) in [6, 6.07) is 1.49. The first-order valence-corrected chi connectivity index (χ1v) is 5.35. The standard InChI is InChI=1S/C11H17N3O4/c1-6(15)13-5-8(16)10(17)7-3-9(18-2)11(12)14-4-7/h3-4,8,10,16-17H,5H2,1-2H3,(H2,12,14)(H,13,15). The zero-order valence-corrected chi connectivity index (χ0v) is 10.3. The number of rotatable bonds is 5. The quantitative estimate of drug-likeness (QED) is 0.547. The van der Waals surface area contributed by atoms with Crippen LogP contribution in [-0.2, 0) is 4.79 Å². The molecular formula is C11H17N3O4. The Morgan fingerprint density at radius 3 is 2.83 bits per heavy atom. The van der Waals surface area contributed by atoms with Crippen molar-refractivity contribution in [3.8, 4) is 5.75 Å². The van der Waals surface area contributed by atoms with Gasteiger partial charge < -0.3 is 26.0 Å². The molecule has 100 valence electrons. The molecule has 0 radical (unpaired) electrons. The molecule has 0 fully saturated rings. The lowest BCUT2D eigenvalue weighted by molar-refractivity contribution is -0.119. The van der Waals surface area contributed by atoms with Gasteiger partial charge >= 0.3 is 0 Å². The number of nitrogens with zero attached hydrogens (tertiary/aromatic N) is 1. The van der Waals surface area contributed by atoms with E-state index in [0.29, 0.717) is 11.3 Å². The van der Waals surface area contributed by atoms with Crippen molar-refractivity contribution in [2.24, 2.45) is 0 Å². The monoisotopic (exact) mass is 255 g/mol. The maximum atomic E-state index is 10.7. The maximum absolute atomic E-state index is 10.7. The fourth-order valence-electron chi connectivity index (χ4n) is 1.38. The lowest BCUT2D eigenvalue weighted by atomic mass is 10.1. The minimum Gasteiger partial charge on any atom is -0.493 e. The Kier molecular flexibility index (Phi) is 4.87. The van der Waals surface area contributed by atoms with Crippen LogP contribution in [0.15, 0.2) is 12.3 Å². The molecule has 0 aliphatic rings. The summed E-state index contributed by atoms with van der Waals surface area (Å²) in [6.07, 6.45) is -0.970. The van der Waals surface area contributed by atoms with Gasteiger partial charge in [-0.05, 0) is 6.07 Å². The van der Waals surface area contributed by atoms with Gasteiger partial charge in [0, 0.05) is 25.2 Å². The number of nitrogens with one attached hydrogen (secondary N) is 1. The van der Waals surface area contributed by atoms with Gasteiger partial charge in [0.25, 0.3) is 0 Å². The average molecular weight is 255 g/mol. The first-order chi connectivity index (χ1) is 8.45. The third-order valence-electron chi connectivity index (χ3n) is 2.39. The van der Waals surface area contributed by atoms with Gasteiger partial charge in [0.1, 0.15) is 12.2 Å². The van der Waals surface area contributed by atoms with Gasteiger partial charge in [0.2, 0.25) is 5.91 Å². The van der Waals surface area contributed by atoms with Crippen LogP contribution in [0.25, 0.3) is 0 Å². The fraction of sp³-hybridized carbons (Fsp3) is 0.455. The number of aromatic nitrogens is 1. The number of nitrogens with two attached hydrogens (primary N) is 1. The van der Waals surface area contributed by atoms with Gasteiger partial charge in [0.05, 0.1) is 7.11 Å². The molecule has 1 rings (SSSR count). The number of amides is 1. The van der Waals surface area contributed by atoms with Gasteiger partial charge in [-0.15, -0.1) is 0 Å². The second kappa shape index (κ2) is 6.18. The van der Waals surface area contributed by atoms with Gasteiger partial charge in [-0.1, -0.05) is 0 Å². The van der Waals surface area contributed by atoms with E-state index in [4.69, 9.17) is 10.5 Å². The molecule has 0 saturated carbocycles. The number of ether oxygens (including phenoxy) is 1. The summed E-state index contributed by atoms with van der Waals surface area (Å²) in [5, 5.41) is 22.0. The number of aliphatic hydroxyl groups excluding tert-OH is 2. The number of carbonyl (C=O) groups excluding carboxylic acids is 1. The SMILES string of the molecule is COc1cc(C(O)C(O)CNC(C)=O)cnc1N. The first-order valence-electron chi connectivity index (χ1n) is 5.35. The van der Waals surface area contributed by atoms with Gasteiger partial charge in [-0.25, -0.2) is 4.98 Å². The van der Waals surface area contributed by atoms with Crippen molar-refractivity contribution >= 4 is 11.7 Å². The van der Waals surface area contributed by atoms with E-state index in [1.54, 1.807) is 0 Å². The van der Waals surface area contributed by atoms with Crippen LogP contribution in [0.5, 0.6) is 5.75 Å². The molecule has 2 unspecified atom stereocenters. The van der Waals surface area contributed by atoms with Crippen molar-refractivity contribution < 1.29 is 19.7 Å². The Balaban J connectivity index is 2.76. The normalized spacial score (nSPS) is 13.8. The topological polar surface area (TPSA) is 118 Å². The Morgan fingerprint density at radius 2 is 2.28 bits per heavy atom. The second-order valence-electron chi connectivity index (χ2n) is 3.81. The van der Waals surface area contributed by atoms with Crippen molar-refractivity contribution in [1.82, 2.24) is 10.3 Å². The summed E-state index contributed by atoms with van der Waals surface area (Å²) in [4.78, 5) is 14.5. The van der Waals surface area contributed by atoms with Crippen LogP contribution in [0.4, 0.5) is 5.82 Å². The van der Waals surface area contributed by atoms with Crippen molar-refractivity contribution in [3.63, 3.8) is 0 Å². The van der Waals surface area contributed by atoms with E-state index in [1.165, 1.54) is 26.3 Å². The molecule has 0 aromatic carbocycles. The number of hydrogen-bond donors (Lipinski definition) is 4. The molecule has 7 nitrogen and oxygen atoms in total. The largest absolute Gasteiger partial charge is 0.493 e. The number of methoxy groups -OCH3 is 1. The van der Waals surface area contributed by atoms with Gasteiger partial charge in [0.15, 0.2) is 11.6 Å². The van der Waals surface area contributed by atoms with E-state index in [-0.39, 0.29) is 18.3 Å². The van der Waals surface area contributed by atoms with E-state index in [0.717, 1.165) is 0 Å². The van der Waals surface area contributed by atoms with Crippen LogP contribution >= 0.6 is 0 Å². The van der Waals surface area contributed by atoms with Crippen LogP contribution in [0.2, 0.25) is 0 Å². The summed E-state index contributed by atoms with van der Waals surface area (Å²) in [5.74, 6) is 0.234. The smallest absolute Gasteiger partial charge is 0.216 e. The first kappa shape index (κ1) is 14.2. The minimum absolute atomic E-state index is 0.0524. The molecule has 1 aromatic rings. The van der Waals surface area contributed by atoms with Crippen LogP contribution in [0, 0.1) is 0 Å². The molecule has 2 atom stereocenters. The zero-order valence-electron chi connectivity index (χ0n) is 10.3. The van der Waals surface area contributed by atoms with E-state index in [2.05, 4.69) is 10.3 Å². The Morgan fingerprint density at radius 1 is 1.61 bits per heavy atom. The minimum atomic E-state index is -1.18. The zero-order chi connectivity index (χ0) is 13.7. The number of pyridine rings is 1. The van der Waals surface area contributed by atoms with Crippen LogP contribution in [0.1, 0.15) is 18.6 Å². The molecule has 1 amide bonds. The Bertz CT molecular complexity index is 425. The van der Waals surface area contributed by atoms with Gasteiger partial charge in [-0.3, -0.25) is 4.79 Å². The van der Waals surface area contributed by atoms with Crippen LogP contribution in [0.3, 0.4) is 0 Å².